The first-order valence-corrected chi connectivity index (χ1v) is 14.0. The molecule has 1 aromatic carbocycles. The topological polar surface area (TPSA) is 115 Å². The molecule has 3 aliphatic rings. The van der Waals surface area contributed by atoms with Gasteiger partial charge in [-0.1, -0.05) is 6.07 Å². The summed E-state index contributed by atoms with van der Waals surface area (Å²) in [6.45, 7) is 3.89. The van der Waals surface area contributed by atoms with E-state index in [9.17, 15) is 18.4 Å². The zero-order valence-electron chi connectivity index (χ0n) is 20.4. The van der Waals surface area contributed by atoms with Gasteiger partial charge in [-0.3, -0.25) is 10.00 Å². The molecule has 11 heteroatoms. The number of anilines is 2. The molecule has 0 bridgehead atoms. The van der Waals surface area contributed by atoms with Crippen LogP contribution in [0.5, 0.6) is 0 Å². The standard InChI is InChI=1S/C24H34N6O4S/c1-3-28-16-20(15-25-28)29(19-10-12-27(2)13-11-19)35(33,34)30(32)24(31)26-23-21-8-4-6-17(21)14-18-7-5-9-22(18)23/h14-16,19,30H,3-13H2,1-2H3,(H,26,31). The highest BCUT2D eigenvalue weighted by Crippen LogP contribution is 2.38. The Balaban J connectivity index is 1.45. The maximum atomic E-state index is 13.7. The van der Waals surface area contributed by atoms with Crippen molar-refractivity contribution in [3.05, 3.63) is 45.9 Å². The van der Waals surface area contributed by atoms with Crippen molar-refractivity contribution >= 4 is 27.6 Å². The van der Waals surface area contributed by atoms with Crippen molar-refractivity contribution in [2.75, 3.05) is 29.8 Å². The molecule has 2 N–H and O–H groups in total. The smallest absolute Gasteiger partial charge is 0.436 e. The summed E-state index contributed by atoms with van der Waals surface area (Å²) in [5.74, 6) is 0. The quantitative estimate of drug-likeness (QED) is 0.581. The summed E-state index contributed by atoms with van der Waals surface area (Å²) in [7, 11) is -2.62. The van der Waals surface area contributed by atoms with E-state index in [1.165, 1.54) is 17.3 Å². The molecule has 1 saturated heterocycles. The van der Waals surface area contributed by atoms with Gasteiger partial charge in [-0.2, -0.15) is 18.0 Å². The highest BCUT2D eigenvalue weighted by atomic mass is 32.2. The molecule has 1 fully saturated rings. The third kappa shape index (κ3) is 4.46. The molecule has 2 aromatic rings. The van der Waals surface area contributed by atoms with Gasteiger partial charge in [0.1, 0.15) is 0 Å². The van der Waals surface area contributed by atoms with Gasteiger partial charge in [0, 0.05) is 12.7 Å². The Morgan fingerprint density at radius 3 is 2.37 bits per heavy atom. The van der Waals surface area contributed by atoms with Gasteiger partial charge in [0.15, 0.2) is 0 Å². The first-order chi connectivity index (χ1) is 16.8. The van der Waals surface area contributed by atoms with E-state index in [0.29, 0.717) is 43.9 Å². The highest BCUT2D eigenvalue weighted by Gasteiger charge is 2.41. The zero-order chi connectivity index (χ0) is 24.7. The number of quaternary nitrogens is 1. The second-order valence-electron chi connectivity index (χ2n) is 9.87. The number of urea groups is 1. The maximum Gasteiger partial charge on any atom is 0.436 e. The number of aromatic nitrogens is 2. The van der Waals surface area contributed by atoms with Gasteiger partial charge >= 0.3 is 16.2 Å². The predicted molar refractivity (Wildman–Crippen MR) is 134 cm³/mol. The Labute approximate surface area is 206 Å². The number of likely N-dealkylation sites (tertiary alicyclic amines) is 1. The third-order valence-corrected chi connectivity index (χ3v) is 9.29. The molecule has 2 amide bonds. The van der Waals surface area contributed by atoms with Crippen LogP contribution in [-0.2, 0) is 42.4 Å². The van der Waals surface area contributed by atoms with Crippen LogP contribution in [0, 0.1) is 5.21 Å². The molecule has 1 aliphatic heterocycles. The average Bonchev–Trinajstić information content (AvgIpc) is 3.60. The van der Waals surface area contributed by atoms with Crippen LogP contribution in [-0.4, -0.2) is 55.3 Å². The zero-order valence-corrected chi connectivity index (χ0v) is 21.2. The third-order valence-electron chi connectivity index (χ3n) is 7.61. The molecule has 5 rings (SSSR count). The monoisotopic (exact) mass is 502 g/mol. The molecule has 0 saturated carbocycles. The Morgan fingerprint density at radius 2 is 1.80 bits per heavy atom. The number of hydrogen-bond acceptors (Lipinski definition) is 6. The van der Waals surface area contributed by atoms with Crippen molar-refractivity contribution in [3.8, 4) is 0 Å². The van der Waals surface area contributed by atoms with E-state index >= 15 is 0 Å². The number of nitrogens with one attached hydrogen (secondary N) is 2. The van der Waals surface area contributed by atoms with Gasteiger partial charge < -0.3 is 10.1 Å². The summed E-state index contributed by atoms with van der Waals surface area (Å²) < 4.78 is 28.7. The highest BCUT2D eigenvalue weighted by molar-refractivity contribution is 7.86. The van der Waals surface area contributed by atoms with E-state index < -0.39 is 26.8 Å². The number of benzene rings is 1. The van der Waals surface area contributed by atoms with Crippen molar-refractivity contribution in [3.63, 3.8) is 0 Å². The summed E-state index contributed by atoms with van der Waals surface area (Å²) in [4.78, 5) is 15.3. The van der Waals surface area contributed by atoms with Crippen molar-refractivity contribution in [1.82, 2.24) is 14.7 Å². The fraction of sp³-hybridized carbons (Fsp3) is 0.583. The second kappa shape index (κ2) is 9.53. The molecule has 0 spiro atoms. The number of rotatable bonds is 6. The van der Waals surface area contributed by atoms with Crippen molar-refractivity contribution in [2.45, 2.75) is 70.9 Å². The molecule has 1 aromatic heterocycles. The van der Waals surface area contributed by atoms with E-state index in [1.807, 2.05) is 14.0 Å². The normalized spacial score (nSPS) is 19.4. The molecule has 10 nitrogen and oxygen atoms in total. The Bertz CT molecular complexity index is 1190. The number of piperidine rings is 1. The van der Waals surface area contributed by atoms with Crippen LogP contribution in [0.25, 0.3) is 0 Å². The van der Waals surface area contributed by atoms with Crippen LogP contribution >= 0.6 is 0 Å². The van der Waals surface area contributed by atoms with Crippen LogP contribution in [0.3, 0.4) is 0 Å². The number of nitrogens with zero attached hydrogens (tertiary/aromatic N) is 4. The van der Waals surface area contributed by atoms with Crippen molar-refractivity contribution in [1.29, 1.82) is 0 Å². The van der Waals surface area contributed by atoms with E-state index in [4.69, 9.17) is 0 Å². The van der Waals surface area contributed by atoms with E-state index in [0.717, 1.165) is 54.0 Å². The molecule has 2 heterocycles. The lowest BCUT2D eigenvalue weighted by atomic mass is 9.99. The van der Waals surface area contributed by atoms with Crippen LogP contribution in [0.2, 0.25) is 0 Å². The number of fused-ring (bicyclic) bond motifs is 2. The largest absolute Gasteiger partial charge is 0.608 e. The summed E-state index contributed by atoms with van der Waals surface area (Å²) in [6, 6.07) is 0.736. The van der Waals surface area contributed by atoms with E-state index in [-0.39, 0.29) is 0 Å². The lowest BCUT2D eigenvalue weighted by Crippen LogP contribution is -3.14. The number of amides is 2. The average molecular weight is 503 g/mol. The lowest BCUT2D eigenvalue weighted by molar-refractivity contribution is -0.604. The molecule has 2 aliphatic carbocycles. The Hall–Kier alpha value is -2.47. The lowest BCUT2D eigenvalue weighted by Gasteiger charge is -2.37. The summed E-state index contributed by atoms with van der Waals surface area (Å²) >= 11 is 0. The second-order valence-corrected chi connectivity index (χ2v) is 11.6. The fourth-order valence-electron chi connectivity index (χ4n) is 5.75. The minimum atomic E-state index is -4.60. The fourth-order valence-corrected chi connectivity index (χ4v) is 7.19. The number of carbonyl (C=O) groups is 1. The maximum absolute atomic E-state index is 13.7. The predicted octanol–water partition coefficient (Wildman–Crippen LogP) is 1.64. The summed E-state index contributed by atoms with van der Waals surface area (Å²) in [5.41, 5.74) is 5.52. The van der Waals surface area contributed by atoms with Crippen LogP contribution in [0.4, 0.5) is 16.2 Å². The molecule has 1 atom stereocenters. The van der Waals surface area contributed by atoms with Crippen LogP contribution in [0.15, 0.2) is 18.5 Å². The molecule has 190 valence electrons. The first-order valence-electron chi connectivity index (χ1n) is 12.6. The van der Waals surface area contributed by atoms with Crippen LogP contribution in [0.1, 0.15) is 54.9 Å². The van der Waals surface area contributed by atoms with Gasteiger partial charge in [0.25, 0.3) is 0 Å². The van der Waals surface area contributed by atoms with Crippen LogP contribution < -0.4 is 14.1 Å². The van der Waals surface area contributed by atoms with Gasteiger partial charge in [-0.25, -0.2) is 9.10 Å². The SMILES string of the molecule is CCn1cc(N(C2CCN(C)CC2)S(=O)(=O)[NH+]([O-])C(=O)Nc2c3c(cc4c2CCC4)CCC3)cn1. The van der Waals surface area contributed by atoms with Gasteiger partial charge in [0.2, 0.25) is 0 Å². The Kier molecular flexibility index (Phi) is 6.60. The molecule has 35 heavy (non-hydrogen) atoms. The molecule has 0 radical (unpaired) electrons. The number of hydrogen-bond donors (Lipinski definition) is 2. The van der Waals surface area contributed by atoms with Gasteiger partial charge in [-0.05, 0) is 101 Å². The van der Waals surface area contributed by atoms with Gasteiger partial charge in [0.05, 0.1) is 23.6 Å². The molecular weight excluding hydrogens is 468 g/mol. The number of hydroxylamine groups is 1. The molecular formula is C24H34N6O4S. The first kappa shape index (κ1) is 24.2. The Morgan fingerprint density at radius 1 is 1.17 bits per heavy atom. The van der Waals surface area contributed by atoms with E-state index in [1.54, 1.807) is 10.9 Å². The summed E-state index contributed by atoms with van der Waals surface area (Å²) in [6.07, 6.45) is 9.78. The van der Waals surface area contributed by atoms with Gasteiger partial charge in [-0.15, -0.1) is 0 Å². The minimum Gasteiger partial charge on any atom is -0.608 e. The van der Waals surface area contributed by atoms with Crippen molar-refractivity contribution in [2.24, 2.45) is 0 Å². The van der Waals surface area contributed by atoms with E-state index in [2.05, 4.69) is 21.4 Å². The van der Waals surface area contributed by atoms with Crippen molar-refractivity contribution < 1.29 is 17.7 Å². The number of carbonyl (C=O) groups excluding carboxylic acids is 1. The molecule has 1 unspecified atom stereocenters. The number of aryl methyl sites for hydroxylation is 3. The summed E-state index contributed by atoms with van der Waals surface area (Å²) in [5, 5.41) is 20.3. The minimum absolute atomic E-state index is 0.323.